The Kier molecular flexibility index (Phi) is 14.3. The molecule has 0 aliphatic carbocycles. The lowest BCUT2D eigenvalue weighted by Gasteiger charge is -2.20. The molecule has 0 heterocycles. The van der Waals surface area contributed by atoms with Crippen molar-refractivity contribution in [2.24, 2.45) is 16.8 Å². The molecule has 1 aromatic carbocycles. The van der Waals surface area contributed by atoms with Gasteiger partial charge in [0.25, 0.3) is 0 Å². The molecule has 1 unspecified atom stereocenters. The number of benzene rings is 1. The van der Waals surface area contributed by atoms with Crippen LogP contribution < -0.4 is 15.4 Å². The number of rotatable bonds is 11. The van der Waals surface area contributed by atoms with Crippen molar-refractivity contribution >= 4 is 29.9 Å². The average Bonchev–Trinajstić information content (AvgIpc) is 2.59. The molecule has 1 atom stereocenters. The maximum Gasteiger partial charge on any atom is 0.191 e. The van der Waals surface area contributed by atoms with E-state index in [0.717, 1.165) is 31.5 Å². The smallest absolute Gasteiger partial charge is 0.191 e. The van der Waals surface area contributed by atoms with Crippen LogP contribution in [0.4, 0.5) is 4.39 Å². The molecule has 1 rings (SSSR count). The second-order valence-corrected chi connectivity index (χ2v) is 6.78. The highest BCUT2D eigenvalue weighted by Gasteiger charge is 2.11. The normalized spacial score (nSPS) is 12.5. The molecule has 0 aliphatic rings. The zero-order valence-electron chi connectivity index (χ0n) is 16.9. The molecular formula is C20H35FIN3O2. The fourth-order valence-electron chi connectivity index (χ4n) is 2.82. The highest BCUT2D eigenvalue weighted by molar-refractivity contribution is 14.0. The summed E-state index contributed by atoms with van der Waals surface area (Å²) in [7, 11) is 0. The third-order valence-corrected chi connectivity index (χ3v) is 3.96. The molecule has 0 aromatic heterocycles. The molecule has 0 spiro atoms. The topological polar surface area (TPSA) is 65.9 Å². The Morgan fingerprint density at radius 2 is 2.00 bits per heavy atom. The predicted octanol–water partition coefficient (Wildman–Crippen LogP) is 3.94. The summed E-state index contributed by atoms with van der Waals surface area (Å²) in [6, 6.07) is 4.93. The average molecular weight is 495 g/mol. The number of guanidine groups is 1. The number of aliphatic hydroxyl groups excluding tert-OH is 1. The van der Waals surface area contributed by atoms with Crippen LogP contribution in [0.5, 0.6) is 5.75 Å². The van der Waals surface area contributed by atoms with Gasteiger partial charge in [0.2, 0.25) is 0 Å². The number of aliphatic imine (C=N–C) groups is 1. The standard InChI is InChI=1S/C20H34FN3O2.HI/c1-5-22-20(24-14-17(9-10-25)11-15(3)4)23-13-16-7-8-19(26-6-2)18(21)12-16;/h7-8,12,15,17,25H,5-6,9-11,13-14H2,1-4H3,(H2,22,23,24);1H. The summed E-state index contributed by atoms with van der Waals surface area (Å²) in [5.41, 5.74) is 0.789. The maximum atomic E-state index is 13.9. The number of ether oxygens (including phenoxy) is 1. The van der Waals surface area contributed by atoms with E-state index in [1.807, 2.05) is 19.9 Å². The van der Waals surface area contributed by atoms with E-state index in [-0.39, 0.29) is 42.2 Å². The lowest BCUT2D eigenvalue weighted by Crippen LogP contribution is -2.40. The van der Waals surface area contributed by atoms with E-state index in [2.05, 4.69) is 29.5 Å². The third kappa shape index (κ3) is 10.7. The molecular weight excluding hydrogens is 460 g/mol. The second-order valence-electron chi connectivity index (χ2n) is 6.78. The van der Waals surface area contributed by atoms with Gasteiger partial charge in [0.05, 0.1) is 13.2 Å². The van der Waals surface area contributed by atoms with Gasteiger partial charge in [-0.1, -0.05) is 19.9 Å². The number of nitrogens with one attached hydrogen (secondary N) is 2. The first-order chi connectivity index (χ1) is 12.5. The van der Waals surface area contributed by atoms with Gasteiger partial charge in [-0.2, -0.15) is 0 Å². The zero-order valence-corrected chi connectivity index (χ0v) is 19.3. The molecule has 0 amide bonds. The minimum atomic E-state index is -0.363. The molecule has 5 nitrogen and oxygen atoms in total. The van der Waals surface area contributed by atoms with Crippen molar-refractivity contribution < 1.29 is 14.2 Å². The third-order valence-electron chi connectivity index (χ3n) is 3.96. The summed E-state index contributed by atoms with van der Waals surface area (Å²) in [6.45, 7) is 10.7. The fourth-order valence-corrected chi connectivity index (χ4v) is 2.82. The molecule has 156 valence electrons. The highest BCUT2D eigenvalue weighted by Crippen LogP contribution is 2.19. The molecule has 7 heteroatoms. The summed E-state index contributed by atoms with van der Waals surface area (Å²) >= 11 is 0. The van der Waals surface area contributed by atoms with Crippen LogP contribution in [0.2, 0.25) is 0 Å². The van der Waals surface area contributed by atoms with Crippen molar-refractivity contribution in [3.63, 3.8) is 0 Å². The van der Waals surface area contributed by atoms with Gasteiger partial charge in [-0.25, -0.2) is 9.38 Å². The second kappa shape index (κ2) is 14.9. The Hall–Kier alpha value is -1.09. The van der Waals surface area contributed by atoms with E-state index in [1.165, 1.54) is 6.07 Å². The minimum Gasteiger partial charge on any atom is -0.491 e. The number of hydrogen-bond acceptors (Lipinski definition) is 3. The van der Waals surface area contributed by atoms with Crippen LogP contribution in [0.25, 0.3) is 0 Å². The molecule has 0 radical (unpaired) electrons. The molecule has 0 bridgehead atoms. The van der Waals surface area contributed by atoms with Crippen LogP contribution in [0.15, 0.2) is 23.2 Å². The van der Waals surface area contributed by atoms with Crippen LogP contribution in [0, 0.1) is 17.7 Å². The number of aliphatic hydroxyl groups is 1. The number of nitrogens with zero attached hydrogens (tertiary/aromatic N) is 1. The molecule has 0 aliphatic heterocycles. The zero-order chi connectivity index (χ0) is 19.4. The van der Waals surface area contributed by atoms with Crippen LogP contribution in [0.1, 0.15) is 46.1 Å². The summed E-state index contributed by atoms with van der Waals surface area (Å²) < 4.78 is 19.2. The molecule has 27 heavy (non-hydrogen) atoms. The van der Waals surface area contributed by atoms with E-state index in [4.69, 9.17) is 4.74 Å². The first-order valence-corrected chi connectivity index (χ1v) is 9.54. The molecule has 0 fully saturated rings. The van der Waals surface area contributed by atoms with Gasteiger partial charge in [0.15, 0.2) is 17.5 Å². The Labute approximate surface area is 180 Å². The van der Waals surface area contributed by atoms with Gasteiger partial charge in [0.1, 0.15) is 0 Å². The summed E-state index contributed by atoms with van der Waals surface area (Å²) in [6.07, 6.45) is 1.83. The van der Waals surface area contributed by atoms with Gasteiger partial charge in [-0.15, -0.1) is 24.0 Å². The van der Waals surface area contributed by atoms with Crippen LogP contribution in [0.3, 0.4) is 0 Å². The summed E-state index contributed by atoms with van der Waals surface area (Å²) in [5, 5.41) is 15.8. The van der Waals surface area contributed by atoms with E-state index in [0.29, 0.717) is 30.9 Å². The number of halogens is 2. The van der Waals surface area contributed by atoms with Crippen molar-refractivity contribution in [3.8, 4) is 5.75 Å². The fraction of sp³-hybridized carbons (Fsp3) is 0.650. The van der Waals surface area contributed by atoms with Gasteiger partial charge < -0.3 is 20.5 Å². The molecule has 0 saturated carbocycles. The molecule has 1 aromatic rings. The first-order valence-electron chi connectivity index (χ1n) is 9.54. The van der Waals surface area contributed by atoms with Crippen molar-refractivity contribution in [2.45, 2.75) is 47.1 Å². The first kappa shape index (κ1) is 25.9. The largest absolute Gasteiger partial charge is 0.491 e. The Morgan fingerprint density at radius 1 is 1.26 bits per heavy atom. The van der Waals surface area contributed by atoms with E-state index >= 15 is 0 Å². The number of hydrogen-bond donors (Lipinski definition) is 3. The molecule has 3 N–H and O–H groups in total. The Bertz CT molecular complexity index is 556. The van der Waals surface area contributed by atoms with Crippen molar-refractivity contribution in [2.75, 3.05) is 26.3 Å². The van der Waals surface area contributed by atoms with Crippen LogP contribution >= 0.6 is 24.0 Å². The van der Waals surface area contributed by atoms with Crippen molar-refractivity contribution in [1.29, 1.82) is 0 Å². The predicted molar refractivity (Wildman–Crippen MR) is 120 cm³/mol. The van der Waals surface area contributed by atoms with Gasteiger partial charge in [-0.05, 0) is 56.2 Å². The van der Waals surface area contributed by atoms with Crippen LogP contribution in [-0.4, -0.2) is 37.4 Å². The monoisotopic (exact) mass is 495 g/mol. The van der Waals surface area contributed by atoms with Gasteiger partial charge >= 0.3 is 0 Å². The van der Waals surface area contributed by atoms with E-state index in [9.17, 15) is 9.50 Å². The summed E-state index contributed by atoms with van der Waals surface area (Å²) in [4.78, 5) is 4.54. The van der Waals surface area contributed by atoms with E-state index < -0.39 is 0 Å². The Balaban J connectivity index is 0.00000676. The maximum absolute atomic E-state index is 13.9. The van der Waals surface area contributed by atoms with Crippen molar-refractivity contribution in [3.05, 3.63) is 29.6 Å². The Morgan fingerprint density at radius 3 is 2.56 bits per heavy atom. The van der Waals surface area contributed by atoms with Gasteiger partial charge in [-0.3, -0.25) is 0 Å². The van der Waals surface area contributed by atoms with E-state index in [1.54, 1.807) is 6.07 Å². The lowest BCUT2D eigenvalue weighted by atomic mass is 9.94. The quantitative estimate of drug-likeness (QED) is 0.247. The SMILES string of the molecule is CCNC(=NCc1ccc(OCC)c(F)c1)NCC(CCO)CC(C)C.I. The van der Waals surface area contributed by atoms with Gasteiger partial charge in [0, 0.05) is 19.7 Å². The summed E-state index contributed by atoms with van der Waals surface area (Å²) in [5.74, 6) is 1.59. The molecule has 0 saturated heterocycles. The minimum absolute atomic E-state index is 0. The van der Waals surface area contributed by atoms with Crippen LogP contribution in [-0.2, 0) is 6.54 Å². The lowest BCUT2D eigenvalue weighted by molar-refractivity contribution is 0.243. The van der Waals surface area contributed by atoms with Crippen molar-refractivity contribution in [1.82, 2.24) is 10.6 Å². The highest BCUT2D eigenvalue weighted by atomic mass is 127.